The molecule has 0 N–H and O–H groups in total. The summed E-state index contributed by atoms with van der Waals surface area (Å²) in [4.78, 5) is 24.6. The zero-order chi connectivity index (χ0) is 20.1. The van der Waals surface area contributed by atoms with Crippen LogP contribution in [0.2, 0.25) is 5.02 Å². The van der Waals surface area contributed by atoms with Crippen LogP contribution in [0, 0.1) is 6.92 Å². The maximum Gasteiger partial charge on any atom is 0.342 e. The Kier molecular flexibility index (Phi) is 6.34. The van der Waals surface area contributed by atoms with Crippen molar-refractivity contribution in [1.29, 1.82) is 0 Å². The standard InChI is InChI=1S/C21H19ClO6/c1-13-20(21(24)26-10-9-25-2)17-11-16(7-8-19(17)28-13)27-12-18(23)14-3-5-15(22)6-4-14/h3-8,11H,9-10,12H2,1-2H3. The Balaban J connectivity index is 1.75. The van der Waals surface area contributed by atoms with Gasteiger partial charge in [-0.25, -0.2) is 4.79 Å². The molecule has 0 fully saturated rings. The number of aryl methyl sites for hydroxylation is 1. The molecular formula is C21H19ClO6. The van der Waals surface area contributed by atoms with E-state index in [1.807, 2.05) is 0 Å². The fraction of sp³-hybridized carbons (Fsp3) is 0.238. The molecule has 0 spiro atoms. The monoisotopic (exact) mass is 402 g/mol. The minimum atomic E-state index is -0.498. The van der Waals surface area contributed by atoms with Crippen LogP contribution in [0.25, 0.3) is 11.0 Å². The highest BCUT2D eigenvalue weighted by Gasteiger charge is 2.20. The van der Waals surface area contributed by atoms with E-state index in [1.54, 1.807) is 49.4 Å². The van der Waals surface area contributed by atoms with Crippen molar-refractivity contribution in [3.8, 4) is 5.75 Å². The quantitative estimate of drug-likeness (QED) is 0.314. The maximum atomic E-state index is 12.4. The van der Waals surface area contributed by atoms with Crippen molar-refractivity contribution in [2.75, 3.05) is 26.9 Å². The third kappa shape index (κ3) is 4.52. The summed E-state index contributed by atoms with van der Waals surface area (Å²) in [7, 11) is 1.53. The van der Waals surface area contributed by atoms with Gasteiger partial charge in [0.2, 0.25) is 0 Å². The maximum absolute atomic E-state index is 12.4. The number of carbonyl (C=O) groups is 2. The van der Waals surface area contributed by atoms with Crippen LogP contribution >= 0.6 is 11.6 Å². The summed E-state index contributed by atoms with van der Waals surface area (Å²) in [6.45, 7) is 2.00. The van der Waals surface area contributed by atoms with Gasteiger partial charge in [-0.15, -0.1) is 0 Å². The first-order valence-electron chi connectivity index (χ1n) is 8.60. The summed E-state index contributed by atoms with van der Waals surface area (Å²) in [5.41, 5.74) is 1.38. The zero-order valence-electron chi connectivity index (χ0n) is 15.5. The lowest BCUT2D eigenvalue weighted by molar-refractivity contribution is 0.0388. The molecule has 3 aromatic rings. The highest BCUT2D eigenvalue weighted by molar-refractivity contribution is 6.30. The van der Waals surface area contributed by atoms with E-state index >= 15 is 0 Å². The molecule has 0 saturated carbocycles. The highest BCUT2D eigenvalue weighted by atomic mass is 35.5. The lowest BCUT2D eigenvalue weighted by Gasteiger charge is -2.07. The Morgan fingerprint density at radius 1 is 1.07 bits per heavy atom. The highest BCUT2D eigenvalue weighted by Crippen LogP contribution is 2.29. The molecule has 1 heterocycles. The third-order valence-corrected chi connectivity index (χ3v) is 4.35. The van der Waals surface area contributed by atoms with Gasteiger partial charge in [-0.3, -0.25) is 4.79 Å². The van der Waals surface area contributed by atoms with Gasteiger partial charge in [0.25, 0.3) is 0 Å². The van der Waals surface area contributed by atoms with Crippen LogP contribution in [0.1, 0.15) is 26.5 Å². The molecule has 3 rings (SSSR count). The van der Waals surface area contributed by atoms with E-state index < -0.39 is 5.97 Å². The van der Waals surface area contributed by atoms with Crippen LogP contribution < -0.4 is 4.74 Å². The third-order valence-electron chi connectivity index (χ3n) is 4.10. The number of ketones is 1. The first-order valence-corrected chi connectivity index (χ1v) is 8.98. The summed E-state index contributed by atoms with van der Waals surface area (Å²) >= 11 is 5.83. The molecule has 146 valence electrons. The second-order valence-electron chi connectivity index (χ2n) is 6.04. The van der Waals surface area contributed by atoms with Gasteiger partial charge in [-0.05, 0) is 49.4 Å². The van der Waals surface area contributed by atoms with Gasteiger partial charge in [0, 0.05) is 23.1 Å². The Hall–Kier alpha value is -2.83. The number of esters is 1. The Labute approximate surface area is 166 Å². The topological polar surface area (TPSA) is 75.0 Å². The van der Waals surface area contributed by atoms with Crippen molar-refractivity contribution >= 4 is 34.3 Å². The van der Waals surface area contributed by atoms with Crippen LogP contribution in [0.4, 0.5) is 0 Å². The van der Waals surface area contributed by atoms with Gasteiger partial charge in [-0.2, -0.15) is 0 Å². The largest absolute Gasteiger partial charge is 0.485 e. The molecule has 6 nitrogen and oxygen atoms in total. The van der Waals surface area contributed by atoms with Gasteiger partial charge in [-0.1, -0.05) is 11.6 Å². The van der Waals surface area contributed by atoms with Crippen molar-refractivity contribution < 1.29 is 28.2 Å². The lowest BCUT2D eigenvalue weighted by atomic mass is 10.1. The first kappa shape index (κ1) is 19.9. The van der Waals surface area contributed by atoms with Crippen molar-refractivity contribution in [2.45, 2.75) is 6.92 Å². The molecule has 0 amide bonds. The first-order chi connectivity index (χ1) is 13.5. The number of rotatable bonds is 8. The minimum absolute atomic E-state index is 0.141. The van der Waals surface area contributed by atoms with Gasteiger partial charge >= 0.3 is 5.97 Å². The van der Waals surface area contributed by atoms with Crippen LogP contribution in [-0.2, 0) is 9.47 Å². The number of carbonyl (C=O) groups excluding carboxylic acids is 2. The minimum Gasteiger partial charge on any atom is -0.485 e. The number of ether oxygens (including phenoxy) is 3. The van der Waals surface area contributed by atoms with Gasteiger partial charge < -0.3 is 18.6 Å². The summed E-state index contributed by atoms with van der Waals surface area (Å²) in [6.07, 6.45) is 0. The van der Waals surface area contributed by atoms with E-state index in [4.69, 9.17) is 30.2 Å². The average molecular weight is 403 g/mol. The Morgan fingerprint density at radius 2 is 1.82 bits per heavy atom. The molecule has 0 atom stereocenters. The molecule has 1 aromatic heterocycles. The van der Waals surface area contributed by atoms with Crippen molar-refractivity contribution in [1.82, 2.24) is 0 Å². The van der Waals surface area contributed by atoms with Crippen molar-refractivity contribution in [3.05, 3.63) is 64.4 Å². The number of fused-ring (bicyclic) bond motifs is 1. The van der Waals surface area contributed by atoms with Gasteiger partial charge in [0.15, 0.2) is 12.4 Å². The smallest absolute Gasteiger partial charge is 0.342 e. The molecule has 0 unspecified atom stereocenters. The lowest BCUT2D eigenvalue weighted by Crippen LogP contribution is -2.12. The summed E-state index contributed by atoms with van der Waals surface area (Å²) in [6, 6.07) is 11.6. The Morgan fingerprint density at radius 3 is 2.54 bits per heavy atom. The Bertz CT molecular complexity index is 990. The molecular weight excluding hydrogens is 384 g/mol. The predicted octanol–water partition coefficient (Wildman–Crippen LogP) is 4.46. The number of benzene rings is 2. The van der Waals surface area contributed by atoms with Crippen LogP contribution in [-0.4, -0.2) is 38.7 Å². The summed E-state index contributed by atoms with van der Waals surface area (Å²) < 4.78 is 21.3. The molecule has 0 saturated heterocycles. The second-order valence-corrected chi connectivity index (χ2v) is 6.48. The van der Waals surface area contributed by atoms with Gasteiger partial charge in [0.1, 0.15) is 29.3 Å². The number of hydrogen-bond donors (Lipinski definition) is 0. The van der Waals surface area contributed by atoms with E-state index in [1.165, 1.54) is 7.11 Å². The van der Waals surface area contributed by atoms with Gasteiger partial charge in [0.05, 0.1) is 6.61 Å². The fourth-order valence-corrected chi connectivity index (χ4v) is 2.83. The van der Waals surface area contributed by atoms with Crippen LogP contribution in [0.3, 0.4) is 0 Å². The zero-order valence-corrected chi connectivity index (χ0v) is 16.2. The number of furan rings is 1. The molecule has 7 heteroatoms. The average Bonchev–Trinajstić information content (AvgIpc) is 3.01. The number of Topliss-reactive ketones (excluding diaryl/α,β-unsaturated/α-hetero) is 1. The second kappa shape index (κ2) is 8.91. The van der Waals surface area contributed by atoms with E-state index in [2.05, 4.69) is 0 Å². The summed E-state index contributed by atoms with van der Waals surface area (Å²) in [5.74, 6) is 0.218. The van der Waals surface area contributed by atoms with E-state index in [0.29, 0.717) is 45.2 Å². The molecule has 0 bridgehead atoms. The molecule has 0 aliphatic carbocycles. The number of methoxy groups -OCH3 is 1. The normalized spacial score (nSPS) is 10.8. The van der Waals surface area contributed by atoms with Crippen molar-refractivity contribution in [3.63, 3.8) is 0 Å². The van der Waals surface area contributed by atoms with E-state index in [-0.39, 0.29) is 19.0 Å². The molecule has 0 aliphatic heterocycles. The van der Waals surface area contributed by atoms with Crippen LogP contribution in [0.15, 0.2) is 46.9 Å². The molecule has 2 aromatic carbocycles. The fourth-order valence-electron chi connectivity index (χ4n) is 2.70. The number of hydrogen-bond acceptors (Lipinski definition) is 6. The van der Waals surface area contributed by atoms with Crippen molar-refractivity contribution in [2.24, 2.45) is 0 Å². The number of halogens is 1. The molecule has 0 radical (unpaired) electrons. The van der Waals surface area contributed by atoms with E-state index in [9.17, 15) is 9.59 Å². The predicted molar refractivity (Wildman–Crippen MR) is 104 cm³/mol. The van der Waals surface area contributed by atoms with Crippen LogP contribution in [0.5, 0.6) is 5.75 Å². The SMILES string of the molecule is COCCOC(=O)c1c(C)oc2ccc(OCC(=O)c3ccc(Cl)cc3)cc12. The molecule has 0 aliphatic rings. The van der Waals surface area contributed by atoms with E-state index in [0.717, 1.165) is 0 Å². The molecule has 28 heavy (non-hydrogen) atoms. The summed E-state index contributed by atoms with van der Waals surface area (Å²) in [5, 5.41) is 1.12.